The maximum absolute atomic E-state index is 12.8. The van der Waals surface area contributed by atoms with E-state index in [4.69, 9.17) is 0 Å². The highest BCUT2D eigenvalue weighted by Crippen LogP contribution is 2.38. The van der Waals surface area contributed by atoms with E-state index < -0.39 is 0 Å². The van der Waals surface area contributed by atoms with Crippen LogP contribution in [0.3, 0.4) is 0 Å². The molecule has 0 saturated carbocycles. The molecule has 1 N–H and O–H groups in total. The van der Waals surface area contributed by atoms with E-state index in [0.29, 0.717) is 13.0 Å². The van der Waals surface area contributed by atoms with Gasteiger partial charge in [0.25, 0.3) is 0 Å². The van der Waals surface area contributed by atoms with Crippen molar-refractivity contribution in [3.05, 3.63) is 34.9 Å². The maximum Gasteiger partial charge on any atom is 0.222 e. The Morgan fingerprint density at radius 1 is 1.28 bits per heavy atom. The fraction of sp³-hybridized carbons (Fsp3) is 0.667. The number of hydrogen-bond acceptors (Lipinski definition) is 3. The van der Waals surface area contributed by atoms with Crippen molar-refractivity contribution in [2.24, 2.45) is 5.41 Å². The smallest absolute Gasteiger partial charge is 0.222 e. The normalized spacial score (nSPS) is 27.7. The van der Waals surface area contributed by atoms with E-state index in [0.717, 1.165) is 45.3 Å². The number of amides is 1. The van der Waals surface area contributed by atoms with Gasteiger partial charge in [0.05, 0.1) is 6.10 Å². The zero-order chi connectivity index (χ0) is 18.0. The monoisotopic (exact) mass is 344 g/mol. The van der Waals surface area contributed by atoms with Gasteiger partial charge in [-0.15, -0.1) is 0 Å². The third kappa shape index (κ3) is 4.06. The van der Waals surface area contributed by atoms with Crippen LogP contribution in [0.25, 0.3) is 0 Å². The largest absolute Gasteiger partial charge is 0.392 e. The summed E-state index contributed by atoms with van der Waals surface area (Å²) in [7, 11) is 2.12. The number of rotatable bonds is 3. The Morgan fingerprint density at radius 2 is 2.08 bits per heavy atom. The number of aryl methyl sites for hydroxylation is 3. The van der Waals surface area contributed by atoms with E-state index in [1.165, 1.54) is 16.7 Å². The van der Waals surface area contributed by atoms with E-state index in [1.807, 2.05) is 4.90 Å². The summed E-state index contributed by atoms with van der Waals surface area (Å²) in [6, 6.07) is 6.45. The third-order valence-corrected chi connectivity index (χ3v) is 6.14. The number of hydrogen-bond donors (Lipinski definition) is 1. The minimum absolute atomic E-state index is 0.124. The number of piperidine rings is 2. The van der Waals surface area contributed by atoms with Gasteiger partial charge in [0.1, 0.15) is 0 Å². The molecule has 1 aromatic carbocycles. The Balaban J connectivity index is 1.62. The van der Waals surface area contributed by atoms with Gasteiger partial charge in [0.2, 0.25) is 5.91 Å². The van der Waals surface area contributed by atoms with E-state index in [1.54, 1.807) is 0 Å². The number of benzene rings is 1. The molecule has 0 aliphatic carbocycles. The van der Waals surface area contributed by atoms with Gasteiger partial charge in [-0.2, -0.15) is 0 Å². The molecule has 0 aromatic heterocycles. The highest BCUT2D eigenvalue weighted by atomic mass is 16.3. The van der Waals surface area contributed by atoms with Gasteiger partial charge in [-0.05, 0) is 57.7 Å². The van der Waals surface area contributed by atoms with Gasteiger partial charge in [0.15, 0.2) is 0 Å². The lowest BCUT2D eigenvalue weighted by Crippen LogP contribution is -2.59. The summed E-state index contributed by atoms with van der Waals surface area (Å²) in [5.41, 5.74) is 3.68. The van der Waals surface area contributed by atoms with Crippen molar-refractivity contribution >= 4 is 5.91 Å². The molecule has 2 aliphatic heterocycles. The number of nitrogens with zero attached hydrogens (tertiary/aromatic N) is 2. The summed E-state index contributed by atoms with van der Waals surface area (Å²) in [5, 5.41) is 10.6. The fourth-order valence-electron chi connectivity index (χ4n) is 4.67. The van der Waals surface area contributed by atoms with Crippen molar-refractivity contribution in [2.45, 2.75) is 52.1 Å². The average Bonchev–Trinajstić information content (AvgIpc) is 2.58. The van der Waals surface area contributed by atoms with Crippen LogP contribution in [0.5, 0.6) is 0 Å². The molecule has 3 rings (SSSR count). The molecule has 0 radical (unpaired) electrons. The maximum atomic E-state index is 12.8. The van der Waals surface area contributed by atoms with E-state index in [-0.39, 0.29) is 17.4 Å². The molecule has 4 heteroatoms. The second kappa shape index (κ2) is 7.46. The first-order valence-corrected chi connectivity index (χ1v) is 9.60. The Bertz CT molecular complexity index is 630. The molecule has 2 saturated heterocycles. The van der Waals surface area contributed by atoms with Gasteiger partial charge in [-0.25, -0.2) is 0 Å². The molecule has 1 amide bonds. The Kier molecular flexibility index (Phi) is 5.49. The van der Waals surface area contributed by atoms with Crippen LogP contribution in [0, 0.1) is 19.3 Å². The summed E-state index contributed by atoms with van der Waals surface area (Å²) in [6.07, 6.45) is 3.93. The zero-order valence-corrected chi connectivity index (χ0v) is 15.9. The van der Waals surface area contributed by atoms with Crippen molar-refractivity contribution in [1.82, 2.24) is 9.80 Å². The van der Waals surface area contributed by atoms with Crippen molar-refractivity contribution in [3.63, 3.8) is 0 Å². The Labute approximate surface area is 151 Å². The fourth-order valence-corrected chi connectivity index (χ4v) is 4.67. The standard InChI is InChI=1S/C21H32N2O2/c1-16-5-6-18(17(2)13-16)7-8-20(25)23-11-4-10-21(15-23)14-22(3)12-9-19(21)24/h5-6,13,19,24H,4,7-12,14-15H2,1-3H3/t19-,21-/m0/s1. The summed E-state index contributed by atoms with van der Waals surface area (Å²) in [6.45, 7) is 7.62. The number of aliphatic hydroxyl groups is 1. The van der Waals surface area contributed by atoms with Crippen molar-refractivity contribution < 1.29 is 9.90 Å². The first kappa shape index (κ1) is 18.4. The van der Waals surface area contributed by atoms with Crippen LogP contribution in [0.15, 0.2) is 18.2 Å². The number of carbonyl (C=O) groups is 1. The van der Waals surface area contributed by atoms with E-state index >= 15 is 0 Å². The topological polar surface area (TPSA) is 43.8 Å². The summed E-state index contributed by atoms with van der Waals surface area (Å²) in [5.74, 6) is 0.236. The lowest BCUT2D eigenvalue weighted by atomic mass is 9.71. The van der Waals surface area contributed by atoms with Crippen LogP contribution < -0.4 is 0 Å². The Hall–Kier alpha value is -1.39. The molecular weight excluding hydrogens is 312 g/mol. The quantitative estimate of drug-likeness (QED) is 0.916. The van der Waals surface area contributed by atoms with E-state index in [2.05, 4.69) is 44.0 Å². The molecule has 138 valence electrons. The molecule has 25 heavy (non-hydrogen) atoms. The number of carbonyl (C=O) groups excluding carboxylic acids is 1. The third-order valence-electron chi connectivity index (χ3n) is 6.14. The number of aliphatic hydroxyl groups excluding tert-OH is 1. The molecule has 0 bridgehead atoms. The second-order valence-corrected chi connectivity index (χ2v) is 8.25. The average molecular weight is 344 g/mol. The lowest BCUT2D eigenvalue weighted by Gasteiger charge is -2.50. The summed E-state index contributed by atoms with van der Waals surface area (Å²) < 4.78 is 0. The molecule has 0 unspecified atom stereocenters. The molecule has 2 fully saturated rings. The predicted octanol–water partition coefficient (Wildman–Crippen LogP) is 2.54. The number of likely N-dealkylation sites (tertiary alicyclic amines) is 2. The second-order valence-electron chi connectivity index (χ2n) is 8.25. The highest BCUT2D eigenvalue weighted by Gasteiger charge is 2.45. The lowest BCUT2D eigenvalue weighted by molar-refractivity contribution is -0.140. The zero-order valence-electron chi connectivity index (χ0n) is 15.9. The van der Waals surface area contributed by atoms with Gasteiger partial charge in [-0.1, -0.05) is 23.8 Å². The molecule has 2 atom stereocenters. The van der Waals surface area contributed by atoms with Gasteiger partial charge < -0.3 is 14.9 Å². The van der Waals surface area contributed by atoms with E-state index in [9.17, 15) is 9.90 Å². The van der Waals surface area contributed by atoms with Crippen molar-refractivity contribution in [1.29, 1.82) is 0 Å². The van der Waals surface area contributed by atoms with Gasteiger partial charge in [-0.3, -0.25) is 4.79 Å². The van der Waals surface area contributed by atoms with Gasteiger partial charge >= 0.3 is 0 Å². The molecule has 4 nitrogen and oxygen atoms in total. The van der Waals surface area contributed by atoms with Crippen LogP contribution in [0.1, 0.15) is 42.4 Å². The van der Waals surface area contributed by atoms with Crippen LogP contribution >= 0.6 is 0 Å². The summed E-state index contributed by atoms with van der Waals surface area (Å²) >= 11 is 0. The van der Waals surface area contributed by atoms with Crippen LogP contribution in [-0.4, -0.2) is 60.1 Å². The Morgan fingerprint density at radius 3 is 2.84 bits per heavy atom. The van der Waals surface area contributed by atoms with Crippen molar-refractivity contribution in [2.75, 3.05) is 33.2 Å². The van der Waals surface area contributed by atoms with Crippen LogP contribution in [0.4, 0.5) is 0 Å². The minimum atomic E-state index is -0.279. The van der Waals surface area contributed by atoms with Crippen LogP contribution in [0.2, 0.25) is 0 Å². The molecule has 2 aliphatic rings. The highest BCUT2D eigenvalue weighted by molar-refractivity contribution is 5.76. The molecule has 1 aromatic rings. The minimum Gasteiger partial charge on any atom is -0.392 e. The first-order valence-electron chi connectivity index (χ1n) is 9.60. The SMILES string of the molecule is Cc1ccc(CCC(=O)N2CCC[C@]3(CN(C)CC[C@@H]3O)C2)c(C)c1. The van der Waals surface area contributed by atoms with Crippen LogP contribution in [-0.2, 0) is 11.2 Å². The first-order chi connectivity index (χ1) is 11.9. The predicted molar refractivity (Wildman–Crippen MR) is 101 cm³/mol. The molecule has 1 spiro atoms. The summed E-state index contributed by atoms with van der Waals surface area (Å²) in [4.78, 5) is 17.1. The van der Waals surface area contributed by atoms with Crippen molar-refractivity contribution in [3.8, 4) is 0 Å². The molecule has 2 heterocycles. The molecular formula is C21H32N2O2. The van der Waals surface area contributed by atoms with Gasteiger partial charge in [0, 0.05) is 38.0 Å².